The van der Waals surface area contributed by atoms with Gasteiger partial charge in [0.05, 0.1) is 28.4 Å². The number of nitrogens with one attached hydrogen (secondary N) is 2. The van der Waals surface area contributed by atoms with Gasteiger partial charge in [0.2, 0.25) is 0 Å². The summed E-state index contributed by atoms with van der Waals surface area (Å²) in [4.78, 5) is 23.7. The van der Waals surface area contributed by atoms with Crippen molar-refractivity contribution in [2.45, 2.75) is 18.4 Å². The molecule has 4 rings (SSSR count). The van der Waals surface area contributed by atoms with Crippen LogP contribution in [0.3, 0.4) is 0 Å². The summed E-state index contributed by atoms with van der Waals surface area (Å²) in [5.74, 6) is -0.752. The quantitative estimate of drug-likeness (QED) is 0.391. The molecule has 0 fully saturated rings. The third-order valence-corrected chi connectivity index (χ3v) is 4.96. The number of alkyl halides is 6. The van der Waals surface area contributed by atoms with Crippen LogP contribution in [0.25, 0.3) is 11.0 Å². The van der Waals surface area contributed by atoms with Crippen molar-refractivity contribution in [2.75, 3.05) is 0 Å². The molecule has 2 N–H and O–H groups in total. The lowest BCUT2D eigenvalue weighted by Crippen LogP contribution is -2.31. The lowest BCUT2D eigenvalue weighted by molar-refractivity contribution is -0.139. The molecular formula is C22H14F6N4O. The maximum absolute atomic E-state index is 13.6. The molecule has 5 nitrogen and oxygen atoms in total. The number of nitrogens with zero attached hydrogens (tertiary/aromatic N) is 2. The molecule has 0 saturated heterocycles. The van der Waals surface area contributed by atoms with Crippen LogP contribution in [-0.2, 0) is 12.4 Å². The Balaban J connectivity index is 1.79. The number of benzene rings is 1. The highest BCUT2D eigenvalue weighted by Gasteiger charge is 2.37. The van der Waals surface area contributed by atoms with Gasteiger partial charge in [0.15, 0.2) is 0 Å². The number of aromatic nitrogens is 3. The van der Waals surface area contributed by atoms with E-state index in [1.54, 1.807) is 12.1 Å². The highest BCUT2D eigenvalue weighted by Crippen LogP contribution is 2.36. The molecule has 4 aromatic rings. The molecule has 1 aromatic carbocycles. The van der Waals surface area contributed by atoms with Gasteiger partial charge in [-0.25, -0.2) is 4.98 Å². The molecule has 3 aromatic heterocycles. The van der Waals surface area contributed by atoms with Crippen LogP contribution in [0.5, 0.6) is 0 Å². The van der Waals surface area contributed by atoms with Crippen molar-refractivity contribution in [1.82, 2.24) is 20.3 Å². The van der Waals surface area contributed by atoms with Crippen LogP contribution in [-0.4, -0.2) is 20.9 Å². The van der Waals surface area contributed by atoms with E-state index in [1.807, 2.05) is 0 Å². The number of amides is 1. The van der Waals surface area contributed by atoms with Crippen LogP contribution >= 0.6 is 0 Å². The molecule has 0 spiro atoms. The van der Waals surface area contributed by atoms with Crippen molar-refractivity contribution in [3.63, 3.8) is 0 Å². The summed E-state index contributed by atoms with van der Waals surface area (Å²) in [5.41, 5.74) is -2.14. The fourth-order valence-electron chi connectivity index (χ4n) is 3.41. The SMILES string of the molecule is O=C(N[C@@H](c1ccc(C(F)(F)F)cc1)c1ncccc1C(F)(F)F)c1c[nH]c2ncccc12. The van der Waals surface area contributed by atoms with Gasteiger partial charge in [-0.3, -0.25) is 9.78 Å². The third-order valence-electron chi connectivity index (χ3n) is 4.96. The van der Waals surface area contributed by atoms with E-state index in [-0.39, 0.29) is 11.1 Å². The van der Waals surface area contributed by atoms with Crippen molar-refractivity contribution in [1.29, 1.82) is 0 Å². The molecule has 0 bridgehead atoms. The predicted octanol–water partition coefficient (Wildman–Crippen LogP) is 5.51. The number of rotatable bonds is 4. The van der Waals surface area contributed by atoms with Gasteiger partial charge in [-0.1, -0.05) is 12.1 Å². The minimum absolute atomic E-state index is 0.00137. The molecule has 0 aliphatic rings. The topological polar surface area (TPSA) is 70.7 Å². The minimum atomic E-state index is -4.80. The molecule has 3 heterocycles. The Morgan fingerprint density at radius 1 is 0.879 bits per heavy atom. The van der Waals surface area contributed by atoms with E-state index in [2.05, 4.69) is 20.3 Å². The molecule has 0 radical (unpaired) electrons. The molecule has 0 aliphatic carbocycles. The van der Waals surface area contributed by atoms with Crippen molar-refractivity contribution in [3.8, 4) is 0 Å². The highest BCUT2D eigenvalue weighted by atomic mass is 19.4. The number of aromatic amines is 1. The smallest absolute Gasteiger partial charge is 0.345 e. The number of halogens is 6. The summed E-state index contributed by atoms with van der Waals surface area (Å²) in [7, 11) is 0. The predicted molar refractivity (Wildman–Crippen MR) is 106 cm³/mol. The Morgan fingerprint density at radius 3 is 2.21 bits per heavy atom. The van der Waals surface area contributed by atoms with E-state index >= 15 is 0 Å². The average Bonchev–Trinajstić information content (AvgIpc) is 3.21. The number of fused-ring (bicyclic) bond motifs is 1. The van der Waals surface area contributed by atoms with Gasteiger partial charge in [0.1, 0.15) is 5.65 Å². The van der Waals surface area contributed by atoms with E-state index in [4.69, 9.17) is 0 Å². The monoisotopic (exact) mass is 464 g/mol. The fraction of sp³-hybridized carbons (Fsp3) is 0.136. The van der Waals surface area contributed by atoms with Gasteiger partial charge in [-0.2, -0.15) is 26.3 Å². The average molecular weight is 464 g/mol. The van der Waals surface area contributed by atoms with Crippen LogP contribution in [0, 0.1) is 0 Å². The second-order valence-electron chi connectivity index (χ2n) is 7.06. The summed E-state index contributed by atoms with van der Waals surface area (Å²) in [6, 6.07) is 7.09. The number of hydrogen-bond donors (Lipinski definition) is 2. The van der Waals surface area contributed by atoms with E-state index < -0.39 is 41.1 Å². The number of pyridine rings is 2. The largest absolute Gasteiger partial charge is 0.418 e. The zero-order valence-corrected chi connectivity index (χ0v) is 16.5. The Morgan fingerprint density at radius 2 is 1.55 bits per heavy atom. The lowest BCUT2D eigenvalue weighted by atomic mass is 9.97. The van der Waals surface area contributed by atoms with Crippen molar-refractivity contribution in [3.05, 3.63) is 95.1 Å². The number of hydrogen-bond acceptors (Lipinski definition) is 3. The molecule has 33 heavy (non-hydrogen) atoms. The van der Waals surface area contributed by atoms with E-state index in [1.165, 1.54) is 12.4 Å². The molecule has 11 heteroatoms. The van der Waals surface area contributed by atoms with Gasteiger partial charge >= 0.3 is 12.4 Å². The van der Waals surface area contributed by atoms with Crippen molar-refractivity contribution in [2.24, 2.45) is 0 Å². The van der Waals surface area contributed by atoms with Gasteiger partial charge in [0.25, 0.3) is 5.91 Å². The highest BCUT2D eigenvalue weighted by molar-refractivity contribution is 6.06. The normalized spacial score (nSPS) is 13.2. The maximum Gasteiger partial charge on any atom is 0.418 e. The lowest BCUT2D eigenvalue weighted by Gasteiger charge is -2.22. The van der Waals surface area contributed by atoms with E-state index in [0.29, 0.717) is 11.0 Å². The van der Waals surface area contributed by atoms with Crippen molar-refractivity contribution >= 4 is 16.9 Å². The van der Waals surface area contributed by atoms with Crippen LogP contribution in [0.4, 0.5) is 26.3 Å². The maximum atomic E-state index is 13.6. The van der Waals surface area contributed by atoms with Gasteiger partial charge < -0.3 is 10.3 Å². The standard InChI is InChI=1S/C22H14F6N4O/c23-21(24,25)13-7-5-12(6-8-13)17(18-16(22(26,27)28)4-2-9-29-18)32-20(33)15-11-31-19-14(15)3-1-10-30-19/h1-11,17H,(H,30,31)(H,32,33)/t17-/m0/s1. The number of carbonyl (C=O) groups excluding carboxylic acids is 1. The van der Waals surface area contributed by atoms with E-state index in [0.717, 1.165) is 42.6 Å². The van der Waals surface area contributed by atoms with Gasteiger partial charge in [-0.05, 0) is 42.0 Å². The Labute approximate surface area is 182 Å². The summed E-state index contributed by atoms with van der Waals surface area (Å²) in [6.07, 6.45) is -5.47. The summed E-state index contributed by atoms with van der Waals surface area (Å²) in [5, 5.41) is 2.91. The fourth-order valence-corrected chi connectivity index (χ4v) is 3.41. The first kappa shape index (κ1) is 22.3. The first-order chi connectivity index (χ1) is 15.6. The molecular weight excluding hydrogens is 450 g/mol. The second-order valence-corrected chi connectivity index (χ2v) is 7.06. The first-order valence-electron chi connectivity index (χ1n) is 9.48. The summed E-state index contributed by atoms with van der Waals surface area (Å²) in [6.45, 7) is 0. The summed E-state index contributed by atoms with van der Waals surface area (Å²) < 4.78 is 79.9. The van der Waals surface area contributed by atoms with Crippen LogP contribution < -0.4 is 5.32 Å². The van der Waals surface area contributed by atoms with E-state index in [9.17, 15) is 31.1 Å². The second kappa shape index (κ2) is 8.23. The molecule has 170 valence electrons. The van der Waals surface area contributed by atoms with Crippen molar-refractivity contribution < 1.29 is 31.1 Å². The minimum Gasteiger partial charge on any atom is -0.345 e. The van der Waals surface area contributed by atoms with Crippen LogP contribution in [0.15, 0.2) is 67.1 Å². The zero-order chi connectivity index (χ0) is 23.8. The first-order valence-corrected chi connectivity index (χ1v) is 9.48. The molecule has 0 unspecified atom stereocenters. The number of H-pyrrole nitrogens is 1. The molecule has 1 atom stereocenters. The third kappa shape index (κ3) is 4.52. The molecule has 0 saturated carbocycles. The Hall–Kier alpha value is -3.89. The number of carbonyl (C=O) groups is 1. The van der Waals surface area contributed by atoms with Crippen LogP contribution in [0.1, 0.15) is 38.8 Å². The van der Waals surface area contributed by atoms with Crippen LogP contribution in [0.2, 0.25) is 0 Å². The Kier molecular flexibility index (Phi) is 5.56. The van der Waals surface area contributed by atoms with Gasteiger partial charge in [0, 0.05) is 24.0 Å². The molecule has 0 aliphatic heterocycles. The Bertz CT molecular complexity index is 1290. The molecule has 1 amide bonds. The zero-order valence-electron chi connectivity index (χ0n) is 16.5. The van der Waals surface area contributed by atoms with Gasteiger partial charge in [-0.15, -0.1) is 0 Å². The summed E-state index contributed by atoms with van der Waals surface area (Å²) >= 11 is 0.